The topological polar surface area (TPSA) is 51.2 Å². The van der Waals surface area contributed by atoms with Crippen LogP contribution in [-0.4, -0.2) is 17.3 Å². The van der Waals surface area contributed by atoms with Crippen LogP contribution in [0, 0.1) is 5.92 Å². The van der Waals surface area contributed by atoms with Gasteiger partial charge in [0.15, 0.2) is 5.78 Å². The van der Waals surface area contributed by atoms with Crippen molar-refractivity contribution in [2.45, 2.75) is 12.8 Å². The fourth-order valence-corrected chi connectivity index (χ4v) is 2.71. The highest BCUT2D eigenvalue weighted by atomic mass is 16.2. The molecule has 2 aromatic carbocycles. The zero-order chi connectivity index (χ0) is 14.8. The van der Waals surface area contributed by atoms with Crippen LogP contribution in [0.15, 0.2) is 54.6 Å². The maximum atomic E-state index is 12.4. The van der Waals surface area contributed by atoms with E-state index in [1.807, 2.05) is 30.3 Å². The highest BCUT2D eigenvalue weighted by Crippen LogP contribution is 2.26. The summed E-state index contributed by atoms with van der Waals surface area (Å²) < 4.78 is 0. The van der Waals surface area contributed by atoms with Gasteiger partial charge >= 0.3 is 0 Å². The van der Waals surface area contributed by atoms with Gasteiger partial charge in [0, 0.05) is 11.1 Å². The van der Waals surface area contributed by atoms with E-state index in [-0.39, 0.29) is 11.3 Å². The van der Waals surface area contributed by atoms with Crippen molar-refractivity contribution in [1.82, 2.24) is 0 Å². The summed E-state index contributed by atoms with van der Waals surface area (Å²) in [5.74, 6) is -2.18. The maximum absolute atomic E-state index is 12.4. The fraction of sp³-hybridized carbons (Fsp3) is 0.167. The van der Waals surface area contributed by atoms with Gasteiger partial charge in [0.05, 0.1) is 5.92 Å². The van der Waals surface area contributed by atoms with Crippen molar-refractivity contribution < 1.29 is 14.4 Å². The maximum Gasteiger partial charge on any atom is 0.230 e. The molecule has 0 bridgehead atoms. The van der Waals surface area contributed by atoms with Crippen molar-refractivity contribution in [3.8, 4) is 0 Å². The fourth-order valence-electron chi connectivity index (χ4n) is 2.71. The van der Waals surface area contributed by atoms with Crippen molar-refractivity contribution >= 4 is 17.3 Å². The van der Waals surface area contributed by atoms with Crippen LogP contribution < -0.4 is 0 Å². The van der Waals surface area contributed by atoms with Crippen molar-refractivity contribution in [2.75, 3.05) is 0 Å². The van der Waals surface area contributed by atoms with Gasteiger partial charge in [-0.1, -0.05) is 54.6 Å². The first-order valence-electron chi connectivity index (χ1n) is 6.94. The van der Waals surface area contributed by atoms with Crippen LogP contribution in [0.25, 0.3) is 0 Å². The molecule has 1 unspecified atom stereocenters. The Hall–Kier alpha value is -2.55. The Balaban J connectivity index is 1.85. The summed E-state index contributed by atoms with van der Waals surface area (Å²) in [5, 5.41) is 0. The second-order valence-electron chi connectivity index (χ2n) is 5.18. The Morgan fingerprint density at radius 2 is 1.33 bits per heavy atom. The third kappa shape index (κ3) is 2.42. The van der Waals surface area contributed by atoms with Crippen LogP contribution in [-0.2, 0) is 11.2 Å². The average molecular weight is 278 g/mol. The molecule has 3 nitrogen and oxygen atoms in total. The molecule has 0 aromatic heterocycles. The smallest absolute Gasteiger partial charge is 0.230 e. The SMILES string of the molecule is O=C1C(=O)C(CCc2ccccc2)C(=O)c2ccccc21. The summed E-state index contributed by atoms with van der Waals surface area (Å²) in [4.78, 5) is 36.7. The van der Waals surface area contributed by atoms with Crippen molar-refractivity contribution in [3.05, 3.63) is 71.3 Å². The first-order valence-corrected chi connectivity index (χ1v) is 6.94. The van der Waals surface area contributed by atoms with Crippen LogP contribution in [0.2, 0.25) is 0 Å². The quantitative estimate of drug-likeness (QED) is 0.640. The van der Waals surface area contributed by atoms with Gasteiger partial charge in [0.1, 0.15) is 0 Å². The molecule has 0 saturated carbocycles. The van der Waals surface area contributed by atoms with Crippen molar-refractivity contribution in [1.29, 1.82) is 0 Å². The molecule has 21 heavy (non-hydrogen) atoms. The lowest BCUT2D eigenvalue weighted by Crippen LogP contribution is -2.37. The summed E-state index contributed by atoms with van der Waals surface area (Å²) >= 11 is 0. The van der Waals surface area contributed by atoms with Crippen molar-refractivity contribution in [2.24, 2.45) is 5.92 Å². The summed E-state index contributed by atoms with van der Waals surface area (Å²) in [6.45, 7) is 0. The Kier molecular flexibility index (Phi) is 3.48. The molecule has 0 heterocycles. The zero-order valence-corrected chi connectivity index (χ0v) is 11.4. The number of benzene rings is 2. The Bertz CT molecular complexity index is 716. The monoisotopic (exact) mass is 278 g/mol. The largest absolute Gasteiger partial charge is 0.293 e. The number of carbonyl (C=O) groups excluding carboxylic acids is 3. The number of Topliss-reactive ketones (excluding diaryl/α,β-unsaturated/α-hetero) is 3. The minimum absolute atomic E-state index is 0.230. The molecule has 0 amide bonds. The van der Waals surface area contributed by atoms with Gasteiger partial charge in [-0.3, -0.25) is 14.4 Å². The number of carbonyl (C=O) groups is 3. The lowest BCUT2D eigenvalue weighted by atomic mass is 9.78. The molecule has 0 N–H and O–H groups in total. The van der Waals surface area contributed by atoms with Gasteiger partial charge in [0.2, 0.25) is 11.6 Å². The van der Waals surface area contributed by atoms with Crippen LogP contribution >= 0.6 is 0 Å². The standard InChI is InChI=1S/C18H14O3/c19-16-13-8-4-5-9-14(13)17(20)18(21)15(16)11-10-12-6-2-1-3-7-12/h1-9,15H,10-11H2. The van der Waals surface area contributed by atoms with Crippen molar-refractivity contribution in [3.63, 3.8) is 0 Å². The Morgan fingerprint density at radius 3 is 2.05 bits per heavy atom. The number of hydrogen-bond acceptors (Lipinski definition) is 3. The molecule has 2 aromatic rings. The predicted octanol–water partition coefficient (Wildman–Crippen LogP) is 2.88. The molecule has 1 aliphatic carbocycles. The molecule has 0 saturated heterocycles. The number of aryl methyl sites for hydroxylation is 1. The van der Waals surface area contributed by atoms with E-state index in [1.165, 1.54) is 0 Å². The van der Waals surface area contributed by atoms with E-state index in [2.05, 4.69) is 0 Å². The van der Waals surface area contributed by atoms with Gasteiger partial charge < -0.3 is 0 Å². The summed E-state index contributed by atoms with van der Waals surface area (Å²) in [5.41, 5.74) is 1.67. The zero-order valence-electron chi connectivity index (χ0n) is 11.4. The van der Waals surface area contributed by atoms with Gasteiger partial charge in [-0.15, -0.1) is 0 Å². The average Bonchev–Trinajstić information content (AvgIpc) is 2.54. The molecule has 0 aliphatic heterocycles. The van der Waals surface area contributed by atoms with E-state index < -0.39 is 17.5 Å². The first-order chi connectivity index (χ1) is 10.2. The van der Waals surface area contributed by atoms with Crippen LogP contribution in [0.1, 0.15) is 32.7 Å². The molecular weight excluding hydrogens is 264 g/mol. The molecule has 0 spiro atoms. The predicted molar refractivity (Wildman–Crippen MR) is 78.4 cm³/mol. The number of ketones is 3. The molecule has 1 atom stereocenters. The van der Waals surface area contributed by atoms with Crippen LogP contribution in [0.5, 0.6) is 0 Å². The number of rotatable bonds is 3. The normalized spacial score (nSPS) is 17.7. The summed E-state index contributed by atoms with van der Waals surface area (Å²) in [7, 11) is 0. The number of hydrogen-bond donors (Lipinski definition) is 0. The minimum atomic E-state index is -0.840. The Labute approximate surface area is 122 Å². The van der Waals surface area contributed by atoms with E-state index in [9.17, 15) is 14.4 Å². The minimum Gasteiger partial charge on any atom is -0.293 e. The summed E-state index contributed by atoms with van der Waals surface area (Å²) in [6.07, 6.45) is 0.986. The van der Waals surface area contributed by atoms with E-state index in [4.69, 9.17) is 0 Å². The Morgan fingerprint density at radius 1 is 0.714 bits per heavy atom. The molecule has 104 valence electrons. The highest BCUT2D eigenvalue weighted by molar-refractivity contribution is 6.51. The highest BCUT2D eigenvalue weighted by Gasteiger charge is 2.39. The van der Waals surface area contributed by atoms with E-state index in [0.29, 0.717) is 18.4 Å². The van der Waals surface area contributed by atoms with Crippen LogP contribution in [0.4, 0.5) is 0 Å². The van der Waals surface area contributed by atoms with E-state index >= 15 is 0 Å². The lowest BCUT2D eigenvalue weighted by molar-refractivity contribution is -0.117. The van der Waals surface area contributed by atoms with Crippen LogP contribution in [0.3, 0.4) is 0 Å². The van der Waals surface area contributed by atoms with Gasteiger partial charge in [-0.05, 0) is 18.4 Å². The second-order valence-corrected chi connectivity index (χ2v) is 5.18. The molecule has 0 radical (unpaired) electrons. The first kappa shape index (κ1) is 13.4. The molecule has 1 aliphatic rings. The molecule has 3 heteroatoms. The van der Waals surface area contributed by atoms with Gasteiger partial charge in [0.25, 0.3) is 0 Å². The molecule has 0 fully saturated rings. The molecular formula is C18H14O3. The summed E-state index contributed by atoms with van der Waals surface area (Å²) in [6, 6.07) is 16.2. The van der Waals surface area contributed by atoms with Gasteiger partial charge in [-0.2, -0.15) is 0 Å². The lowest BCUT2D eigenvalue weighted by Gasteiger charge is -2.20. The van der Waals surface area contributed by atoms with E-state index in [0.717, 1.165) is 5.56 Å². The van der Waals surface area contributed by atoms with Gasteiger partial charge in [-0.25, -0.2) is 0 Å². The third-order valence-electron chi connectivity index (χ3n) is 3.86. The second kappa shape index (κ2) is 5.44. The third-order valence-corrected chi connectivity index (χ3v) is 3.86. The number of fused-ring (bicyclic) bond motifs is 1. The molecule has 3 rings (SSSR count). The van der Waals surface area contributed by atoms with E-state index in [1.54, 1.807) is 24.3 Å².